The number of aromatic nitrogens is 2. The van der Waals surface area contributed by atoms with E-state index >= 15 is 0 Å². The Bertz CT molecular complexity index is 542. The standard InChI is InChI=1S/C12H13ClN4/c1-8-4-3-5-9(6-8)17(2)11-10(14)7-15-12(13)16-11/h3-7H,14H2,1-2H3. The SMILES string of the molecule is Cc1cccc(N(C)c2nc(Cl)ncc2N)c1. The van der Waals surface area contributed by atoms with Crippen LogP contribution in [0.3, 0.4) is 0 Å². The second kappa shape index (κ2) is 4.59. The van der Waals surface area contributed by atoms with E-state index in [0.29, 0.717) is 11.5 Å². The summed E-state index contributed by atoms with van der Waals surface area (Å²) in [6.07, 6.45) is 1.51. The van der Waals surface area contributed by atoms with E-state index in [1.165, 1.54) is 11.8 Å². The number of rotatable bonds is 2. The van der Waals surface area contributed by atoms with Crippen LogP contribution >= 0.6 is 11.6 Å². The Morgan fingerprint density at radius 3 is 2.82 bits per heavy atom. The lowest BCUT2D eigenvalue weighted by Gasteiger charge is -2.20. The lowest BCUT2D eigenvalue weighted by molar-refractivity contribution is 1.08. The van der Waals surface area contributed by atoms with Crippen molar-refractivity contribution in [1.82, 2.24) is 9.97 Å². The predicted octanol–water partition coefficient (Wildman–Crippen LogP) is 2.79. The molecule has 0 unspecified atom stereocenters. The molecule has 0 radical (unpaired) electrons. The lowest BCUT2D eigenvalue weighted by Crippen LogP contribution is -2.14. The number of nitrogens with zero attached hydrogens (tertiary/aromatic N) is 3. The second-order valence-electron chi connectivity index (χ2n) is 3.82. The third kappa shape index (κ3) is 2.47. The molecule has 1 aromatic heterocycles. The Kier molecular flexibility index (Phi) is 3.15. The van der Waals surface area contributed by atoms with Crippen LogP contribution in [0, 0.1) is 6.92 Å². The average molecular weight is 249 g/mol. The summed E-state index contributed by atoms with van der Waals surface area (Å²) in [5, 5.41) is 0.189. The van der Waals surface area contributed by atoms with Crippen LogP contribution < -0.4 is 10.6 Å². The van der Waals surface area contributed by atoms with Gasteiger partial charge in [0, 0.05) is 12.7 Å². The molecule has 17 heavy (non-hydrogen) atoms. The zero-order chi connectivity index (χ0) is 12.4. The maximum absolute atomic E-state index is 5.84. The molecule has 1 aromatic carbocycles. The molecule has 0 amide bonds. The highest BCUT2D eigenvalue weighted by molar-refractivity contribution is 6.28. The lowest BCUT2D eigenvalue weighted by atomic mass is 10.2. The van der Waals surface area contributed by atoms with E-state index < -0.39 is 0 Å². The van der Waals surface area contributed by atoms with Crippen molar-refractivity contribution in [2.75, 3.05) is 17.7 Å². The first kappa shape index (κ1) is 11.7. The normalized spacial score (nSPS) is 10.3. The van der Waals surface area contributed by atoms with Crippen LogP contribution in [0.5, 0.6) is 0 Å². The maximum atomic E-state index is 5.84. The van der Waals surface area contributed by atoms with Gasteiger partial charge in [-0.15, -0.1) is 0 Å². The number of anilines is 3. The molecule has 2 N–H and O–H groups in total. The number of hydrogen-bond acceptors (Lipinski definition) is 4. The van der Waals surface area contributed by atoms with Crippen molar-refractivity contribution < 1.29 is 0 Å². The van der Waals surface area contributed by atoms with Gasteiger partial charge >= 0.3 is 0 Å². The van der Waals surface area contributed by atoms with Gasteiger partial charge in [0.15, 0.2) is 5.82 Å². The van der Waals surface area contributed by atoms with Crippen LogP contribution in [0.25, 0.3) is 0 Å². The largest absolute Gasteiger partial charge is 0.394 e. The molecule has 0 spiro atoms. The third-order valence-electron chi connectivity index (χ3n) is 2.47. The average Bonchev–Trinajstić information content (AvgIpc) is 2.31. The van der Waals surface area contributed by atoms with Crippen LogP contribution in [0.1, 0.15) is 5.56 Å². The van der Waals surface area contributed by atoms with E-state index in [2.05, 4.69) is 16.0 Å². The Morgan fingerprint density at radius 1 is 1.35 bits per heavy atom. The minimum atomic E-state index is 0.189. The number of hydrogen-bond donors (Lipinski definition) is 1. The Balaban J connectivity index is 2.43. The molecule has 0 saturated heterocycles. The van der Waals surface area contributed by atoms with E-state index in [4.69, 9.17) is 17.3 Å². The van der Waals surface area contributed by atoms with Crippen molar-refractivity contribution in [3.8, 4) is 0 Å². The molecule has 4 nitrogen and oxygen atoms in total. The highest BCUT2D eigenvalue weighted by Crippen LogP contribution is 2.27. The highest BCUT2D eigenvalue weighted by atomic mass is 35.5. The summed E-state index contributed by atoms with van der Waals surface area (Å²) in [6, 6.07) is 8.06. The van der Waals surface area contributed by atoms with Gasteiger partial charge in [0.05, 0.1) is 11.9 Å². The first-order chi connectivity index (χ1) is 8.08. The van der Waals surface area contributed by atoms with Crippen LogP contribution in [0.15, 0.2) is 30.5 Å². The van der Waals surface area contributed by atoms with Gasteiger partial charge in [0.2, 0.25) is 5.28 Å². The fourth-order valence-corrected chi connectivity index (χ4v) is 1.72. The van der Waals surface area contributed by atoms with Crippen LogP contribution in [0.2, 0.25) is 5.28 Å². The van der Waals surface area contributed by atoms with Crippen molar-refractivity contribution >= 4 is 28.8 Å². The van der Waals surface area contributed by atoms with E-state index in [-0.39, 0.29) is 5.28 Å². The van der Waals surface area contributed by atoms with Gasteiger partial charge in [-0.2, -0.15) is 4.98 Å². The molecule has 0 aliphatic rings. The number of halogens is 1. The Hall–Kier alpha value is -1.81. The molecule has 1 heterocycles. The molecule has 88 valence electrons. The first-order valence-electron chi connectivity index (χ1n) is 5.16. The molecular formula is C12H13ClN4. The van der Waals surface area contributed by atoms with Crippen molar-refractivity contribution in [2.45, 2.75) is 6.92 Å². The summed E-state index contributed by atoms with van der Waals surface area (Å²) in [7, 11) is 1.89. The van der Waals surface area contributed by atoms with Crippen LogP contribution in [-0.4, -0.2) is 17.0 Å². The van der Waals surface area contributed by atoms with Crippen LogP contribution in [-0.2, 0) is 0 Å². The number of benzene rings is 1. The molecule has 0 atom stereocenters. The summed E-state index contributed by atoms with van der Waals surface area (Å²) < 4.78 is 0. The second-order valence-corrected chi connectivity index (χ2v) is 4.15. The third-order valence-corrected chi connectivity index (χ3v) is 2.66. The van der Waals surface area contributed by atoms with E-state index in [9.17, 15) is 0 Å². The minimum Gasteiger partial charge on any atom is -0.394 e. The fourth-order valence-electron chi connectivity index (χ4n) is 1.59. The van der Waals surface area contributed by atoms with Gasteiger partial charge in [0.1, 0.15) is 0 Å². The van der Waals surface area contributed by atoms with Gasteiger partial charge in [-0.25, -0.2) is 4.98 Å². The first-order valence-corrected chi connectivity index (χ1v) is 5.54. The smallest absolute Gasteiger partial charge is 0.224 e. The quantitative estimate of drug-likeness (QED) is 0.831. The number of nitrogens with two attached hydrogens (primary N) is 1. The topological polar surface area (TPSA) is 55.0 Å². The van der Waals surface area contributed by atoms with Crippen molar-refractivity contribution in [1.29, 1.82) is 0 Å². The summed E-state index contributed by atoms with van der Waals surface area (Å²) in [5.41, 5.74) is 8.52. The molecule has 2 aromatic rings. The van der Waals surface area contributed by atoms with Crippen molar-refractivity contribution in [3.63, 3.8) is 0 Å². The summed E-state index contributed by atoms with van der Waals surface area (Å²) in [4.78, 5) is 9.85. The van der Waals surface area contributed by atoms with Crippen LogP contribution in [0.4, 0.5) is 17.2 Å². The number of aryl methyl sites for hydroxylation is 1. The van der Waals surface area contributed by atoms with Crippen molar-refractivity contribution in [2.24, 2.45) is 0 Å². The molecular weight excluding hydrogens is 236 g/mol. The zero-order valence-corrected chi connectivity index (χ0v) is 10.4. The van der Waals surface area contributed by atoms with Crippen molar-refractivity contribution in [3.05, 3.63) is 41.3 Å². The Labute approximate surface area is 105 Å². The zero-order valence-electron chi connectivity index (χ0n) is 9.68. The molecule has 0 fully saturated rings. The van der Waals surface area contributed by atoms with E-state index in [0.717, 1.165) is 5.69 Å². The maximum Gasteiger partial charge on any atom is 0.224 e. The fraction of sp³-hybridized carbons (Fsp3) is 0.167. The van der Waals surface area contributed by atoms with Gasteiger partial charge in [-0.1, -0.05) is 12.1 Å². The number of nitrogen functional groups attached to an aromatic ring is 1. The van der Waals surface area contributed by atoms with E-state index in [1.54, 1.807) is 0 Å². The molecule has 0 aliphatic carbocycles. The monoisotopic (exact) mass is 248 g/mol. The van der Waals surface area contributed by atoms with Gasteiger partial charge < -0.3 is 10.6 Å². The Morgan fingerprint density at radius 2 is 2.12 bits per heavy atom. The van der Waals surface area contributed by atoms with Gasteiger partial charge in [0.25, 0.3) is 0 Å². The molecule has 0 saturated carbocycles. The van der Waals surface area contributed by atoms with Gasteiger partial charge in [-0.3, -0.25) is 0 Å². The highest BCUT2D eigenvalue weighted by Gasteiger charge is 2.10. The summed E-state index contributed by atoms with van der Waals surface area (Å²) >= 11 is 5.78. The summed E-state index contributed by atoms with van der Waals surface area (Å²) in [6.45, 7) is 2.04. The van der Waals surface area contributed by atoms with E-state index in [1.807, 2.05) is 37.1 Å². The molecule has 0 bridgehead atoms. The predicted molar refractivity (Wildman–Crippen MR) is 70.7 cm³/mol. The molecule has 2 rings (SSSR count). The molecule has 5 heteroatoms. The minimum absolute atomic E-state index is 0.189. The summed E-state index contributed by atoms with van der Waals surface area (Å²) in [5.74, 6) is 0.607. The molecule has 0 aliphatic heterocycles. The van der Waals surface area contributed by atoms with Gasteiger partial charge in [-0.05, 0) is 36.2 Å².